The van der Waals surface area contributed by atoms with Gasteiger partial charge in [0.25, 0.3) is 0 Å². The molecule has 17 aromatic rings. The van der Waals surface area contributed by atoms with E-state index in [4.69, 9.17) is 0 Å². The molecule has 4 aromatic heterocycles. The quantitative estimate of drug-likeness (QED) is 0.101. The Labute approximate surface area is 499 Å². The molecule has 4 heterocycles. The van der Waals surface area contributed by atoms with Crippen molar-refractivity contribution in [3.63, 3.8) is 0 Å². The van der Waals surface area contributed by atoms with Gasteiger partial charge in [0.2, 0.25) is 0 Å². The summed E-state index contributed by atoms with van der Waals surface area (Å²) in [5.74, 6) is 0. The second kappa shape index (κ2) is 20.6. The summed E-state index contributed by atoms with van der Waals surface area (Å²) in [5.41, 5.74) is 20.3. The maximum atomic E-state index is 2.68. The number of fused-ring (bicyclic) bond motifs is 8. The van der Waals surface area contributed by atoms with Crippen molar-refractivity contribution in [2.24, 2.45) is 0 Å². The second-order valence-electron chi connectivity index (χ2n) is 21.8. The van der Waals surface area contributed by atoms with Gasteiger partial charge in [-0.1, -0.05) is 185 Å². The molecule has 2 atom stereocenters. The maximum Gasteiger partial charge on any atom is 0.0619 e. The Hall–Kier alpha value is -10.7. The Morgan fingerprint density at radius 2 is 0.430 bits per heavy atom. The van der Waals surface area contributed by atoms with Gasteiger partial charge in [0.1, 0.15) is 0 Å². The minimum absolute atomic E-state index is 1.07. The highest BCUT2D eigenvalue weighted by atomic mass is 31.1. The Morgan fingerprint density at radius 1 is 0.186 bits per heavy atom. The minimum Gasteiger partial charge on any atom is -0.310 e. The molecule has 13 aromatic carbocycles. The second-order valence-corrected chi connectivity index (χ2v) is 26.0. The largest absolute Gasteiger partial charge is 0.310 e. The highest BCUT2D eigenvalue weighted by Crippen LogP contribution is 2.58. The number of anilines is 6. The van der Waals surface area contributed by atoms with Gasteiger partial charge >= 0.3 is 0 Å². The van der Waals surface area contributed by atoms with E-state index in [1.165, 1.54) is 63.8 Å². The number of para-hydroxylation sites is 10. The van der Waals surface area contributed by atoms with Crippen molar-refractivity contribution >= 4 is 124 Å². The van der Waals surface area contributed by atoms with E-state index in [9.17, 15) is 0 Å². The molecule has 17 rings (SSSR count). The number of benzene rings is 13. The van der Waals surface area contributed by atoms with Crippen LogP contribution < -0.4 is 9.80 Å². The number of rotatable bonds is 10. The van der Waals surface area contributed by atoms with Crippen molar-refractivity contribution in [1.82, 2.24) is 18.3 Å². The summed E-state index contributed by atoms with van der Waals surface area (Å²) >= 11 is 0. The zero-order valence-corrected chi connectivity index (χ0v) is 48.5. The average molecular weight is 1140 g/mol. The summed E-state index contributed by atoms with van der Waals surface area (Å²) in [7, 11) is -2.39. The fourth-order valence-corrected chi connectivity index (χ4v) is 19.2. The zero-order valence-electron chi connectivity index (χ0n) is 46.8. The van der Waals surface area contributed by atoms with Crippen molar-refractivity contribution < 1.29 is 0 Å². The average Bonchev–Trinajstić information content (AvgIpc) is 0.707. The first-order valence-corrected chi connectivity index (χ1v) is 32.0. The highest BCUT2D eigenvalue weighted by Gasteiger charge is 2.28. The number of nitrogens with zero attached hydrogens (tertiary/aromatic N) is 6. The molecule has 0 spiro atoms. The van der Waals surface area contributed by atoms with Gasteiger partial charge < -0.3 is 28.1 Å². The third-order valence-corrected chi connectivity index (χ3v) is 22.1. The topological polar surface area (TPSA) is 26.2 Å². The fourth-order valence-electron chi connectivity index (χ4n) is 13.4. The van der Waals surface area contributed by atoms with Crippen LogP contribution in [-0.4, -0.2) is 18.3 Å². The monoisotopic (exact) mass is 1140 g/mol. The summed E-state index contributed by atoms with van der Waals surface area (Å²) in [4.78, 5) is 4.85. The first-order valence-electron chi connectivity index (χ1n) is 29.3. The molecule has 0 aliphatic heterocycles. The smallest absolute Gasteiger partial charge is 0.0619 e. The number of hydrogen-bond acceptors (Lipinski definition) is 2. The van der Waals surface area contributed by atoms with Crippen LogP contribution in [0.5, 0.6) is 0 Å². The van der Waals surface area contributed by atoms with Gasteiger partial charge in [0, 0.05) is 76.2 Å². The van der Waals surface area contributed by atoms with Crippen molar-refractivity contribution in [2.75, 3.05) is 9.80 Å². The van der Waals surface area contributed by atoms with Crippen LogP contribution >= 0.6 is 14.7 Å². The molecule has 0 amide bonds. The van der Waals surface area contributed by atoms with Gasteiger partial charge in [0.15, 0.2) is 0 Å². The summed E-state index contributed by atoms with van der Waals surface area (Å²) in [6.45, 7) is 0. The van der Waals surface area contributed by atoms with E-state index in [1.807, 2.05) is 0 Å². The molecule has 0 radical (unpaired) electrons. The van der Waals surface area contributed by atoms with E-state index < -0.39 is 14.7 Å². The summed E-state index contributed by atoms with van der Waals surface area (Å²) < 4.78 is 10.2. The normalized spacial score (nSPS) is 12.1. The lowest BCUT2D eigenvalue weighted by molar-refractivity contribution is 1.14. The molecule has 0 aliphatic carbocycles. The van der Waals surface area contributed by atoms with Crippen molar-refractivity contribution in [1.29, 1.82) is 0 Å². The van der Waals surface area contributed by atoms with Crippen molar-refractivity contribution in [3.05, 3.63) is 328 Å². The lowest BCUT2D eigenvalue weighted by Crippen LogP contribution is -2.12. The van der Waals surface area contributed by atoms with Crippen molar-refractivity contribution in [3.8, 4) is 22.7 Å². The molecule has 0 fully saturated rings. The molecule has 2 unspecified atom stereocenters. The molecule has 0 N–H and O–H groups in total. The van der Waals surface area contributed by atoms with Crippen LogP contribution in [0.2, 0.25) is 0 Å². The van der Waals surface area contributed by atoms with E-state index >= 15 is 0 Å². The van der Waals surface area contributed by atoms with Gasteiger partial charge in [-0.25, -0.2) is 0 Å². The lowest BCUT2D eigenvalue weighted by atomic mass is 10.1. The highest BCUT2D eigenvalue weighted by molar-refractivity contribution is 7.64. The van der Waals surface area contributed by atoms with E-state index in [0.29, 0.717) is 0 Å². The van der Waals surface area contributed by atoms with Crippen LogP contribution in [-0.2, 0) is 0 Å². The van der Waals surface area contributed by atoms with E-state index in [2.05, 4.69) is 356 Å². The molecule has 0 aliphatic rings. The van der Waals surface area contributed by atoms with E-state index in [1.54, 1.807) is 0 Å². The Morgan fingerprint density at radius 3 is 0.721 bits per heavy atom. The van der Waals surface area contributed by atoms with Crippen LogP contribution in [0, 0.1) is 0 Å². The predicted molar refractivity (Wildman–Crippen MR) is 367 cm³/mol. The Balaban J connectivity index is 1.13. The number of aromatic nitrogens is 4. The summed E-state index contributed by atoms with van der Waals surface area (Å²) in [5, 5.41) is 8.01. The van der Waals surface area contributed by atoms with Gasteiger partial charge in [-0.2, -0.15) is 0 Å². The molecule has 6 nitrogen and oxygen atoms in total. The summed E-state index contributed by atoms with van der Waals surface area (Å²) in [6, 6.07) is 121. The van der Waals surface area contributed by atoms with Crippen LogP contribution in [0.3, 0.4) is 0 Å². The number of hydrogen-bond donors (Lipinski definition) is 0. The molecular weight excluding hydrogens is 1080 g/mol. The standard InChI is InChI=1S/C78H54N6P2/c1-9-29-55(30-10-1)79(56-31-11-2-12-32-56)63-49-69-77-71(51-63)83(61-41-21-7-22-42-61)67-53-68-76(54-75(67)85(77)73-47-27-25-45-65(73)81(69)59-37-17-5-18-38-59)86-74-48-28-26-46-66(74)82(60-39-19-6-20-40-60)70-50-64(52-72(78(70)86)84(68)62-43-23-8-24-44-62)80(57-33-13-3-14-34-57)58-35-15-4-16-36-58/h1-54H. The third kappa shape index (κ3) is 7.96. The minimum atomic E-state index is -1.19. The first kappa shape index (κ1) is 49.8. The van der Waals surface area contributed by atoms with Crippen LogP contribution in [0.15, 0.2) is 328 Å². The van der Waals surface area contributed by atoms with Gasteiger partial charge in [-0.15, -0.1) is 0 Å². The Kier molecular flexibility index (Phi) is 11.9. The van der Waals surface area contributed by atoms with Gasteiger partial charge in [-0.05, 0) is 158 Å². The predicted octanol–water partition coefficient (Wildman–Crippen LogP) is 22.7. The van der Waals surface area contributed by atoms with Crippen molar-refractivity contribution in [2.45, 2.75) is 0 Å². The third-order valence-electron chi connectivity index (χ3n) is 16.9. The van der Waals surface area contributed by atoms with Gasteiger partial charge in [0.05, 0.1) is 55.5 Å². The maximum absolute atomic E-state index is 2.68. The van der Waals surface area contributed by atoms with Crippen LogP contribution in [0.1, 0.15) is 0 Å². The zero-order chi connectivity index (χ0) is 56.7. The molecule has 0 saturated carbocycles. The molecule has 0 bridgehead atoms. The van der Waals surface area contributed by atoms with E-state index in [-0.39, 0.29) is 0 Å². The van der Waals surface area contributed by atoms with Gasteiger partial charge in [-0.3, -0.25) is 0 Å². The fraction of sp³-hybridized carbons (Fsp3) is 0. The molecular formula is C78H54N6P2. The lowest BCUT2D eigenvalue weighted by Gasteiger charge is -2.30. The Bertz CT molecular complexity index is 5020. The molecule has 86 heavy (non-hydrogen) atoms. The molecule has 0 saturated heterocycles. The molecule has 406 valence electrons. The first-order chi connectivity index (χ1) is 42.7. The van der Waals surface area contributed by atoms with Crippen LogP contribution in [0.4, 0.5) is 34.1 Å². The van der Waals surface area contributed by atoms with Crippen LogP contribution in [0.25, 0.3) is 97.6 Å². The molecule has 8 heteroatoms. The summed E-state index contributed by atoms with van der Waals surface area (Å²) in [6.07, 6.45) is 0. The van der Waals surface area contributed by atoms with E-state index in [0.717, 1.165) is 67.9 Å². The SMILES string of the molecule is c1ccc(N(c2ccccc2)c2cc3c4c(c2)n(-c2ccccc2)c2cc5c(cc2p4c2ccccc2n3-c2ccccc2)p2c3ccccc3n(-c3ccccc3)c3cc(N(c4ccccc4)c4ccccc4)cc(c32)n5-c2ccccc2)cc1.